The van der Waals surface area contributed by atoms with Crippen molar-refractivity contribution in [2.24, 2.45) is 11.7 Å². The summed E-state index contributed by atoms with van der Waals surface area (Å²) in [5.41, 5.74) is 14.5. The number of amides is 2. The molecule has 0 aromatic heterocycles. The van der Waals surface area contributed by atoms with Crippen LogP contribution in [0.5, 0.6) is 0 Å². The summed E-state index contributed by atoms with van der Waals surface area (Å²) >= 11 is 0. The Morgan fingerprint density at radius 1 is 1.23 bits per heavy atom. The summed E-state index contributed by atoms with van der Waals surface area (Å²) in [7, 11) is 0. The molecule has 0 bridgehead atoms. The largest absolute Gasteiger partial charge is 0.398 e. The first kappa shape index (κ1) is 18.1. The third-order valence-corrected chi connectivity index (χ3v) is 4.88. The van der Waals surface area contributed by atoms with E-state index < -0.39 is 29.6 Å². The van der Waals surface area contributed by atoms with Gasteiger partial charge in [-0.25, -0.2) is 9.29 Å². The molecule has 0 spiro atoms. The van der Waals surface area contributed by atoms with Gasteiger partial charge in [0, 0.05) is 11.3 Å². The van der Waals surface area contributed by atoms with E-state index in [0.29, 0.717) is 28.1 Å². The molecular formula is C20H22FN3O2. The number of nitrogens with two attached hydrogens (primary N) is 2. The van der Waals surface area contributed by atoms with Crippen molar-refractivity contribution >= 4 is 23.2 Å². The lowest BCUT2D eigenvalue weighted by atomic mass is 9.91. The second-order valence-electron chi connectivity index (χ2n) is 6.98. The first-order valence-corrected chi connectivity index (χ1v) is 8.55. The van der Waals surface area contributed by atoms with Gasteiger partial charge >= 0.3 is 0 Å². The van der Waals surface area contributed by atoms with E-state index >= 15 is 0 Å². The molecule has 2 aromatic rings. The van der Waals surface area contributed by atoms with E-state index in [1.165, 1.54) is 12.1 Å². The maximum Gasteiger partial charge on any atom is 0.250 e. The topological polar surface area (TPSA) is 89.4 Å². The fraction of sp³-hybridized carbons (Fsp3) is 0.300. The lowest BCUT2D eigenvalue weighted by Gasteiger charge is -2.27. The first-order chi connectivity index (χ1) is 12.2. The molecule has 0 radical (unpaired) electrons. The Balaban J connectivity index is 2.31. The summed E-state index contributed by atoms with van der Waals surface area (Å²) in [6.45, 7) is 5.33. The highest BCUT2D eigenvalue weighted by Gasteiger charge is 2.38. The number of anilines is 2. The highest BCUT2D eigenvalue weighted by Crippen LogP contribution is 2.44. The van der Waals surface area contributed by atoms with Gasteiger partial charge in [-0.2, -0.15) is 0 Å². The predicted molar refractivity (Wildman–Crippen MR) is 100.0 cm³/mol. The molecule has 1 aliphatic heterocycles. The minimum Gasteiger partial charge on any atom is -0.398 e. The van der Waals surface area contributed by atoms with Gasteiger partial charge in [-0.1, -0.05) is 26.0 Å². The number of halogens is 1. The molecule has 4 N–H and O–H groups in total. The number of nitrogen functional groups attached to an aromatic ring is 1. The number of carbonyl (C=O) groups excluding carboxylic acids is 2. The average molecular weight is 355 g/mol. The molecule has 5 nitrogen and oxygen atoms in total. The molecule has 0 fully saturated rings. The van der Waals surface area contributed by atoms with Crippen LogP contribution >= 0.6 is 0 Å². The summed E-state index contributed by atoms with van der Waals surface area (Å²) in [6.07, 6.45) is 0. The molecule has 136 valence electrons. The lowest BCUT2D eigenvalue weighted by Crippen LogP contribution is -2.50. The van der Waals surface area contributed by atoms with Gasteiger partial charge in [-0.15, -0.1) is 0 Å². The van der Waals surface area contributed by atoms with Crippen LogP contribution in [0, 0.1) is 11.7 Å². The quantitative estimate of drug-likeness (QED) is 0.810. The normalized spacial score (nSPS) is 17.5. The van der Waals surface area contributed by atoms with Crippen molar-refractivity contribution in [2.45, 2.75) is 32.7 Å². The number of benzene rings is 2. The molecule has 1 heterocycles. The number of carbonyl (C=O) groups is 2. The van der Waals surface area contributed by atoms with Crippen LogP contribution in [-0.4, -0.2) is 17.9 Å². The Hall–Kier alpha value is -2.73. The summed E-state index contributed by atoms with van der Waals surface area (Å²) < 4.78 is 13.9. The summed E-state index contributed by atoms with van der Waals surface area (Å²) in [5, 5.41) is 0. The van der Waals surface area contributed by atoms with Gasteiger partial charge in [0.15, 0.2) is 0 Å². The maximum atomic E-state index is 13.9. The van der Waals surface area contributed by atoms with Gasteiger partial charge in [-0.05, 0) is 48.2 Å². The number of nitrogens with zero attached hydrogens (tertiary/aromatic N) is 1. The molecule has 3 rings (SSSR count). The molecule has 26 heavy (non-hydrogen) atoms. The summed E-state index contributed by atoms with van der Waals surface area (Å²) in [6, 6.07) is 8.36. The average Bonchev–Trinajstić information content (AvgIpc) is 2.68. The zero-order valence-corrected chi connectivity index (χ0v) is 15.0. The molecule has 6 heteroatoms. The number of hydrogen-bond acceptors (Lipinski definition) is 4. The standard InChI is InChI=1S/C20H22FN3O2/c1-10(2)18(23)20(26)24-16-6-4-5-15(22)17(16)14-9-12(21)7-8-13(14)11(3)19(24)25/h4-11,18H,22-23H2,1-3H3/t11?,18-/m0/s1. The number of fused-ring (bicyclic) bond motifs is 3. The van der Waals surface area contributed by atoms with E-state index in [0.717, 1.165) is 4.90 Å². The minimum atomic E-state index is -0.835. The van der Waals surface area contributed by atoms with Crippen molar-refractivity contribution in [3.63, 3.8) is 0 Å². The second-order valence-corrected chi connectivity index (χ2v) is 6.98. The Kier molecular flexibility index (Phi) is 4.54. The van der Waals surface area contributed by atoms with E-state index in [1.807, 2.05) is 13.8 Å². The molecule has 1 unspecified atom stereocenters. The van der Waals surface area contributed by atoms with Gasteiger partial charge in [0.2, 0.25) is 5.91 Å². The van der Waals surface area contributed by atoms with Crippen molar-refractivity contribution in [1.82, 2.24) is 0 Å². The number of hydrogen-bond donors (Lipinski definition) is 2. The van der Waals surface area contributed by atoms with Gasteiger partial charge < -0.3 is 11.5 Å². The van der Waals surface area contributed by atoms with E-state index in [1.54, 1.807) is 31.2 Å². The molecular weight excluding hydrogens is 333 g/mol. The van der Waals surface area contributed by atoms with Gasteiger partial charge in [-0.3, -0.25) is 9.59 Å². The van der Waals surface area contributed by atoms with Crippen LogP contribution in [0.3, 0.4) is 0 Å². The van der Waals surface area contributed by atoms with Crippen molar-refractivity contribution in [3.8, 4) is 11.1 Å². The number of rotatable bonds is 2. The Morgan fingerprint density at radius 2 is 1.92 bits per heavy atom. The molecule has 2 atom stereocenters. The van der Waals surface area contributed by atoms with Crippen molar-refractivity contribution in [3.05, 3.63) is 47.8 Å². The molecule has 1 aliphatic rings. The third-order valence-electron chi connectivity index (χ3n) is 4.88. The van der Waals surface area contributed by atoms with Crippen molar-refractivity contribution in [1.29, 1.82) is 0 Å². The molecule has 0 saturated carbocycles. The van der Waals surface area contributed by atoms with E-state index in [4.69, 9.17) is 11.5 Å². The van der Waals surface area contributed by atoms with Gasteiger partial charge in [0.1, 0.15) is 5.82 Å². The van der Waals surface area contributed by atoms with Crippen LogP contribution in [-0.2, 0) is 9.59 Å². The van der Waals surface area contributed by atoms with Crippen LogP contribution in [0.1, 0.15) is 32.3 Å². The predicted octanol–water partition coefficient (Wildman–Crippen LogP) is 3.03. The van der Waals surface area contributed by atoms with Crippen molar-refractivity contribution in [2.75, 3.05) is 10.6 Å². The van der Waals surface area contributed by atoms with E-state index in [9.17, 15) is 14.0 Å². The second kappa shape index (κ2) is 6.53. The Bertz CT molecular complexity index is 895. The zero-order chi connectivity index (χ0) is 19.2. The highest BCUT2D eigenvalue weighted by atomic mass is 19.1. The van der Waals surface area contributed by atoms with Gasteiger partial charge in [0.05, 0.1) is 17.6 Å². The monoisotopic (exact) mass is 355 g/mol. The maximum absolute atomic E-state index is 13.9. The number of imide groups is 1. The molecule has 2 aromatic carbocycles. The lowest BCUT2D eigenvalue weighted by molar-refractivity contribution is -0.128. The van der Waals surface area contributed by atoms with Crippen LogP contribution in [0.15, 0.2) is 36.4 Å². The van der Waals surface area contributed by atoms with Crippen molar-refractivity contribution < 1.29 is 14.0 Å². The van der Waals surface area contributed by atoms with Crippen LogP contribution in [0.2, 0.25) is 0 Å². The molecule has 0 saturated heterocycles. The zero-order valence-electron chi connectivity index (χ0n) is 15.0. The fourth-order valence-electron chi connectivity index (χ4n) is 3.27. The Labute approximate surface area is 151 Å². The first-order valence-electron chi connectivity index (χ1n) is 8.55. The summed E-state index contributed by atoms with van der Waals surface area (Å²) in [5.74, 6) is -2.10. The van der Waals surface area contributed by atoms with E-state index in [-0.39, 0.29) is 5.92 Å². The molecule has 0 aliphatic carbocycles. The highest BCUT2D eigenvalue weighted by molar-refractivity contribution is 6.22. The minimum absolute atomic E-state index is 0.141. The Morgan fingerprint density at radius 3 is 2.58 bits per heavy atom. The van der Waals surface area contributed by atoms with Crippen LogP contribution < -0.4 is 16.4 Å². The fourth-order valence-corrected chi connectivity index (χ4v) is 3.27. The SMILES string of the molecule is CC1C(=O)N(C(=O)[C@@H](N)C(C)C)c2cccc(N)c2-c2cc(F)ccc21. The summed E-state index contributed by atoms with van der Waals surface area (Å²) in [4.78, 5) is 27.3. The van der Waals surface area contributed by atoms with Crippen LogP contribution in [0.25, 0.3) is 11.1 Å². The molecule has 2 amide bonds. The van der Waals surface area contributed by atoms with Crippen LogP contribution in [0.4, 0.5) is 15.8 Å². The smallest absolute Gasteiger partial charge is 0.250 e. The van der Waals surface area contributed by atoms with E-state index in [2.05, 4.69) is 0 Å². The van der Waals surface area contributed by atoms with Gasteiger partial charge in [0.25, 0.3) is 5.91 Å². The third kappa shape index (κ3) is 2.76.